The summed E-state index contributed by atoms with van der Waals surface area (Å²) in [7, 11) is 0. The molecule has 0 N–H and O–H groups in total. The number of benzene rings is 2. The van der Waals surface area contributed by atoms with E-state index in [1.165, 1.54) is 47.3 Å². The molecule has 1 aliphatic rings. The number of thiazole rings is 1. The molecule has 28 heavy (non-hydrogen) atoms. The van der Waals surface area contributed by atoms with Crippen molar-refractivity contribution in [1.82, 2.24) is 4.98 Å². The van der Waals surface area contributed by atoms with Crippen molar-refractivity contribution in [2.75, 3.05) is 0 Å². The van der Waals surface area contributed by atoms with Crippen LogP contribution in [0.2, 0.25) is 0 Å². The number of rotatable bonds is 4. The van der Waals surface area contributed by atoms with Gasteiger partial charge < -0.3 is 4.74 Å². The molecule has 0 saturated heterocycles. The molecule has 142 valence electrons. The molecule has 1 aromatic heterocycles. The van der Waals surface area contributed by atoms with Gasteiger partial charge in [-0.1, -0.05) is 24.1 Å². The minimum absolute atomic E-state index is 0.124. The van der Waals surface area contributed by atoms with Gasteiger partial charge in [0, 0.05) is 11.8 Å². The summed E-state index contributed by atoms with van der Waals surface area (Å²) in [4.78, 5) is 5.98. The van der Waals surface area contributed by atoms with Crippen LogP contribution in [-0.4, -0.2) is 11.1 Å². The summed E-state index contributed by atoms with van der Waals surface area (Å²) in [5, 5.41) is 1.03. The van der Waals surface area contributed by atoms with Gasteiger partial charge in [0.25, 0.3) is 0 Å². The Labute approximate surface area is 171 Å². The van der Waals surface area contributed by atoms with Gasteiger partial charge in [-0.25, -0.2) is 4.98 Å². The Morgan fingerprint density at radius 1 is 1.11 bits per heavy atom. The van der Waals surface area contributed by atoms with E-state index in [0.717, 1.165) is 21.9 Å². The van der Waals surface area contributed by atoms with Crippen molar-refractivity contribution < 1.29 is 4.74 Å². The van der Waals surface area contributed by atoms with E-state index in [9.17, 15) is 0 Å². The lowest BCUT2D eigenvalue weighted by Gasteiger charge is -2.18. The number of hydrogen-bond acceptors (Lipinski definition) is 3. The Bertz CT molecular complexity index is 1050. The molecule has 2 nitrogen and oxygen atoms in total. The molecular formula is C25H25NOS. The van der Waals surface area contributed by atoms with Gasteiger partial charge in [-0.2, -0.15) is 0 Å². The third kappa shape index (κ3) is 3.84. The molecule has 1 aliphatic carbocycles. The van der Waals surface area contributed by atoms with Crippen molar-refractivity contribution in [3.63, 3.8) is 0 Å². The van der Waals surface area contributed by atoms with E-state index in [1.807, 2.05) is 33.0 Å². The fraction of sp³-hybridized carbons (Fsp3) is 0.320. The third-order valence-electron chi connectivity index (χ3n) is 5.02. The second kappa shape index (κ2) is 8.20. The molecule has 3 heteroatoms. The summed E-state index contributed by atoms with van der Waals surface area (Å²) in [6.45, 7) is 5.92. The molecule has 0 fully saturated rings. The predicted octanol–water partition coefficient (Wildman–Crippen LogP) is 6.51. The van der Waals surface area contributed by atoms with Crippen molar-refractivity contribution in [2.45, 2.75) is 52.6 Å². The highest BCUT2D eigenvalue weighted by molar-refractivity contribution is 7.18. The summed E-state index contributed by atoms with van der Waals surface area (Å²) >= 11 is 1.76. The summed E-state index contributed by atoms with van der Waals surface area (Å²) in [5.41, 5.74) is 6.39. The van der Waals surface area contributed by atoms with Crippen molar-refractivity contribution in [2.24, 2.45) is 0 Å². The van der Waals surface area contributed by atoms with Crippen molar-refractivity contribution >= 4 is 11.3 Å². The first kappa shape index (κ1) is 18.8. The van der Waals surface area contributed by atoms with Gasteiger partial charge in [-0.05, 0) is 81.3 Å². The molecule has 0 spiro atoms. The SMILES string of the molecule is CC#Cc1cc(-c2ncc(-c3cccc4c3CCCC4)s2)ccc1OC(C)C. The fourth-order valence-corrected chi connectivity index (χ4v) is 4.76. The Morgan fingerprint density at radius 3 is 2.79 bits per heavy atom. The number of aryl methyl sites for hydroxylation is 1. The molecule has 1 heterocycles. The lowest BCUT2D eigenvalue weighted by Crippen LogP contribution is -2.06. The number of ether oxygens (including phenoxy) is 1. The molecule has 0 bridgehead atoms. The van der Waals surface area contributed by atoms with Crippen molar-refractivity contribution in [1.29, 1.82) is 0 Å². The van der Waals surface area contributed by atoms with Crippen LogP contribution in [0.25, 0.3) is 21.0 Å². The van der Waals surface area contributed by atoms with E-state index in [4.69, 9.17) is 9.72 Å². The molecule has 4 rings (SSSR count). The van der Waals surface area contributed by atoms with Crippen molar-refractivity contribution in [3.05, 3.63) is 59.3 Å². The van der Waals surface area contributed by atoms with Crippen LogP contribution in [0.4, 0.5) is 0 Å². The minimum atomic E-state index is 0.124. The summed E-state index contributed by atoms with van der Waals surface area (Å²) in [6, 6.07) is 12.9. The largest absolute Gasteiger partial charge is 0.490 e. The molecule has 0 atom stereocenters. The lowest BCUT2D eigenvalue weighted by atomic mass is 9.88. The standard InChI is InChI=1S/C25H25NOS/c1-4-8-19-15-20(13-14-23(19)27-17(2)3)25-26-16-24(28-25)22-12-7-10-18-9-5-6-11-21(18)22/h7,10,12-17H,5-6,9,11H2,1-3H3. The van der Waals surface area contributed by atoms with Crippen LogP contribution in [0.1, 0.15) is 50.3 Å². The highest BCUT2D eigenvalue weighted by atomic mass is 32.1. The fourth-order valence-electron chi connectivity index (χ4n) is 3.80. The average molecular weight is 388 g/mol. The molecular weight excluding hydrogens is 362 g/mol. The van der Waals surface area contributed by atoms with Crippen LogP contribution in [-0.2, 0) is 12.8 Å². The Morgan fingerprint density at radius 2 is 1.96 bits per heavy atom. The molecule has 3 aromatic rings. The molecule has 0 amide bonds. The Kier molecular flexibility index (Phi) is 5.50. The zero-order valence-corrected chi connectivity index (χ0v) is 17.5. The van der Waals surface area contributed by atoms with Gasteiger partial charge in [0.2, 0.25) is 0 Å². The average Bonchev–Trinajstić information content (AvgIpc) is 3.19. The maximum Gasteiger partial charge on any atom is 0.135 e. The van der Waals surface area contributed by atoms with Crippen molar-refractivity contribution in [3.8, 4) is 38.6 Å². The van der Waals surface area contributed by atoms with Crippen LogP contribution in [0.3, 0.4) is 0 Å². The van der Waals surface area contributed by atoms with Crippen LogP contribution < -0.4 is 4.74 Å². The maximum atomic E-state index is 5.91. The number of fused-ring (bicyclic) bond motifs is 1. The van der Waals surface area contributed by atoms with E-state index in [0.29, 0.717) is 0 Å². The second-order valence-electron chi connectivity index (χ2n) is 7.43. The second-order valence-corrected chi connectivity index (χ2v) is 8.46. The van der Waals surface area contributed by atoms with Gasteiger partial charge in [0.1, 0.15) is 10.8 Å². The van der Waals surface area contributed by atoms with Gasteiger partial charge in [0.05, 0.1) is 16.5 Å². The van der Waals surface area contributed by atoms with Gasteiger partial charge in [0.15, 0.2) is 0 Å². The van der Waals surface area contributed by atoms with Gasteiger partial charge >= 0.3 is 0 Å². The quantitative estimate of drug-likeness (QED) is 0.476. The summed E-state index contributed by atoms with van der Waals surface area (Å²) in [6.07, 6.45) is 7.11. The molecule has 2 aromatic carbocycles. The molecule has 0 unspecified atom stereocenters. The third-order valence-corrected chi connectivity index (χ3v) is 6.10. The normalized spacial score (nSPS) is 13.0. The van der Waals surface area contributed by atoms with Crippen LogP contribution in [0, 0.1) is 11.8 Å². The van der Waals surface area contributed by atoms with Gasteiger partial charge in [-0.15, -0.1) is 17.3 Å². The monoisotopic (exact) mass is 387 g/mol. The van der Waals surface area contributed by atoms with E-state index < -0.39 is 0 Å². The predicted molar refractivity (Wildman–Crippen MR) is 118 cm³/mol. The molecule has 0 saturated carbocycles. The summed E-state index contributed by atoms with van der Waals surface area (Å²) < 4.78 is 5.91. The topological polar surface area (TPSA) is 22.1 Å². The van der Waals surface area contributed by atoms with Gasteiger partial charge in [-0.3, -0.25) is 0 Å². The number of nitrogens with zero attached hydrogens (tertiary/aromatic N) is 1. The smallest absolute Gasteiger partial charge is 0.135 e. The first-order valence-electron chi connectivity index (χ1n) is 9.96. The first-order chi connectivity index (χ1) is 13.7. The lowest BCUT2D eigenvalue weighted by molar-refractivity contribution is 0.242. The minimum Gasteiger partial charge on any atom is -0.490 e. The first-order valence-corrected chi connectivity index (χ1v) is 10.8. The highest BCUT2D eigenvalue weighted by Crippen LogP contribution is 2.38. The van der Waals surface area contributed by atoms with Crippen LogP contribution in [0.15, 0.2) is 42.6 Å². The zero-order valence-electron chi connectivity index (χ0n) is 16.7. The van der Waals surface area contributed by atoms with Crippen LogP contribution >= 0.6 is 11.3 Å². The Hall–Kier alpha value is -2.57. The van der Waals surface area contributed by atoms with E-state index >= 15 is 0 Å². The maximum absolute atomic E-state index is 5.91. The summed E-state index contributed by atoms with van der Waals surface area (Å²) in [5.74, 6) is 7.00. The molecule has 0 radical (unpaired) electrons. The highest BCUT2D eigenvalue weighted by Gasteiger charge is 2.16. The van der Waals surface area contributed by atoms with E-state index in [2.05, 4.69) is 42.2 Å². The van der Waals surface area contributed by atoms with E-state index in [-0.39, 0.29) is 6.10 Å². The zero-order chi connectivity index (χ0) is 19.5. The number of hydrogen-bond donors (Lipinski definition) is 0. The van der Waals surface area contributed by atoms with Crippen LogP contribution in [0.5, 0.6) is 5.75 Å². The van der Waals surface area contributed by atoms with E-state index in [1.54, 1.807) is 11.3 Å². The Balaban J connectivity index is 1.70. The number of aromatic nitrogens is 1. The molecule has 0 aliphatic heterocycles.